The number of nitrogens with two attached hydrogens (primary N) is 1. The lowest BCUT2D eigenvalue weighted by Crippen LogP contribution is -2.15. The lowest BCUT2D eigenvalue weighted by atomic mass is 9.90. The quantitative estimate of drug-likeness (QED) is 0.896. The molecule has 0 saturated heterocycles. The highest BCUT2D eigenvalue weighted by Gasteiger charge is 2.12. The monoisotopic (exact) mass is 277 g/mol. The van der Waals surface area contributed by atoms with Crippen molar-refractivity contribution in [3.63, 3.8) is 0 Å². The molecule has 0 aliphatic heterocycles. The van der Waals surface area contributed by atoms with Crippen LogP contribution < -0.4 is 5.73 Å². The molecular formula is C16H17ClFN. The Balaban J connectivity index is 2.24. The van der Waals surface area contributed by atoms with Gasteiger partial charge >= 0.3 is 0 Å². The Hall–Kier alpha value is -1.38. The van der Waals surface area contributed by atoms with Gasteiger partial charge < -0.3 is 5.73 Å². The van der Waals surface area contributed by atoms with Crippen molar-refractivity contribution in [3.05, 3.63) is 70.0 Å². The summed E-state index contributed by atoms with van der Waals surface area (Å²) < 4.78 is 13.1. The van der Waals surface area contributed by atoms with Gasteiger partial charge in [0.25, 0.3) is 0 Å². The minimum atomic E-state index is -0.201. The highest BCUT2D eigenvalue weighted by atomic mass is 35.5. The van der Waals surface area contributed by atoms with Crippen LogP contribution in [0.1, 0.15) is 22.6 Å². The lowest BCUT2D eigenvalue weighted by molar-refractivity contribution is 0.623. The molecule has 3 heteroatoms. The van der Waals surface area contributed by atoms with E-state index in [1.165, 1.54) is 6.07 Å². The maximum absolute atomic E-state index is 13.1. The van der Waals surface area contributed by atoms with Gasteiger partial charge in [0.15, 0.2) is 0 Å². The van der Waals surface area contributed by atoms with Gasteiger partial charge in [-0.1, -0.05) is 29.8 Å². The molecule has 0 heterocycles. The summed E-state index contributed by atoms with van der Waals surface area (Å²) >= 11 is 6.01. The van der Waals surface area contributed by atoms with Gasteiger partial charge in [0.2, 0.25) is 0 Å². The third-order valence-corrected chi connectivity index (χ3v) is 3.61. The van der Waals surface area contributed by atoms with Gasteiger partial charge in [-0.05, 0) is 60.8 Å². The first-order chi connectivity index (χ1) is 9.10. The molecule has 100 valence electrons. The van der Waals surface area contributed by atoms with Crippen LogP contribution in [0.4, 0.5) is 4.39 Å². The summed E-state index contributed by atoms with van der Waals surface area (Å²) in [6, 6.07) is 12.6. The van der Waals surface area contributed by atoms with E-state index in [-0.39, 0.29) is 11.7 Å². The van der Waals surface area contributed by atoms with E-state index < -0.39 is 0 Å². The zero-order valence-electron chi connectivity index (χ0n) is 10.9. The molecule has 2 rings (SSSR count). The smallest absolute Gasteiger partial charge is 0.123 e. The van der Waals surface area contributed by atoms with E-state index in [0.29, 0.717) is 11.6 Å². The molecule has 0 aliphatic carbocycles. The van der Waals surface area contributed by atoms with Crippen LogP contribution in [0, 0.1) is 12.7 Å². The zero-order chi connectivity index (χ0) is 13.8. The largest absolute Gasteiger partial charge is 0.330 e. The number of rotatable bonds is 4. The van der Waals surface area contributed by atoms with Gasteiger partial charge in [-0.25, -0.2) is 4.39 Å². The van der Waals surface area contributed by atoms with Gasteiger partial charge in [0, 0.05) is 10.9 Å². The molecule has 19 heavy (non-hydrogen) atoms. The molecule has 2 aromatic carbocycles. The number of aryl methyl sites for hydroxylation is 1. The maximum Gasteiger partial charge on any atom is 0.123 e. The van der Waals surface area contributed by atoms with Crippen molar-refractivity contribution in [2.75, 3.05) is 6.54 Å². The maximum atomic E-state index is 13.1. The average Bonchev–Trinajstić information content (AvgIpc) is 2.38. The normalized spacial score (nSPS) is 12.4. The fourth-order valence-corrected chi connectivity index (χ4v) is 2.45. The van der Waals surface area contributed by atoms with Crippen molar-refractivity contribution >= 4 is 11.6 Å². The van der Waals surface area contributed by atoms with Crippen molar-refractivity contribution in [1.29, 1.82) is 0 Å². The average molecular weight is 278 g/mol. The molecule has 0 fully saturated rings. The predicted octanol–water partition coefficient (Wildman–Crippen LogP) is 4.07. The molecule has 0 radical (unpaired) electrons. The van der Waals surface area contributed by atoms with Gasteiger partial charge in [-0.15, -0.1) is 0 Å². The Bertz CT molecular complexity index is 568. The van der Waals surface area contributed by atoms with Crippen molar-refractivity contribution < 1.29 is 4.39 Å². The predicted molar refractivity (Wildman–Crippen MR) is 78.1 cm³/mol. The molecule has 1 unspecified atom stereocenters. The topological polar surface area (TPSA) is 26.0 Å². The first-order valence-corrected chi connectivity index (χ1v) is 6.68. The number of halogens is 2. The van der Waals surface area contributed by atoms with Crippen LogP contribution in [0.25, 0.3) is 0 Å². The molecule has 0 bridgehead atoms. The number of hydrogen-bond donors (Lipinski definition) is 1. The summed E-state index contributed by atoms with van der Waals surface area (Å²) in [6.07, 6.45) is 0.795. The molecule has 2 aromatic rings. The second-order valence-corrected chi connectivity index (χ2v) is 5.20. The van der Waals surface area contributed by atoms with Gasteiger partial charge in [0.1, 0.15) is 5.82 Å². The first-order valence-electron chi connectivity index (χ1n) is 6.30. The summed E-state index contributed by atoms with van der Waals surface area (Å²) in [7, 11) is 0. The SMILES string of the molecule is Cc1cc(F)ccc1CC(CN)c1cccc(Cl)c1. The van der Waals surface area contributed by atoms with Crippen molar-refractivity contribution in [2.45, 2.75) is 19.3 Å². The molecule has 0 saturated carbocycles. The fourth-order valence-electron chi connectivity index (χ4n) is 2.25. The zero-order valence-corrected chi connectivity index (χ0v) is 11.6. The van der Waals surface area contributed by atoms with Crippen molar-refractivity contribution in [2.24, 2.45) is 5.73 Å². The van der Waals surface area contributed by atoms with Gasteiger partial charge in [-0.2, -0.15) is 0 Å². The first kappa shape index (κ1) is 14.0. The van der Waals surface area contributed by atoms with Crippen LogP contribution in [0.3, 0.4) is 0 Å². The van der Waals surface area contributed by atoms with E-state index >= 15 is 0 Å². The summed E-state index contributed by atoms with van der Waals surface area (Å²) in [5.41, 5.74) is 9.07. The molecular weight excluding hydrogens is 261 g/mol. The summed E-state index contributed by atoms with van der Waals surface area (Å²) in [6.45, 7) is 2.46. The molecule has 0 aromatic heterocycles. The fraction of sp³-hybridized carbons (Fsp3) is 0.250. The minimum Gasteiger partial charge on any atom is -0.330 e. The summed E-state index contributed by atoms with van der Waals surface area (Å²) in [5, 5.41) is 0.715. The molecule has 1 nitrogen and oxygen atoms in total. The molecule has 2 N–H and O–H groups in total. The highest BCUT2D eigenvalue weighted by Crippen LogP contribution is 2.24. The second-order valence-electron chi connectivity index (χ2n) is 4.76. The highest BCUT2D eigenvalue weighted by molar-refractivity contribution is 6.30. The second kappa shape index (κ2) is 6.18. The van der Waals surface area contributed by atoms with Crippen molar-refractivity contribution in [1.82, 2.24) is 0 Å². The minimum absolute atomic E-state index is 0.197. The number of hydrogen-bond acceptors (Lipinski definition) is 1. The molecule has 0 amide bonds. The van der Waals surface area contributed by atoms with Gasteiger partial charge in [0.05, 0.1) is 0 Å². The van der Waals surface area contributed by atoms with Crippen LogP contribution >= 0.6 is 11.6 Å². The van der Waals surface area contributed by atoms with Gasteiger partial charge in [-0.3, -0.25) is 0 Å². The van der Waals surface area contributed by atoms with Crippen molar-refractivity contribution in [3.8, 4) is 0 Å². The Morgan fingerprint density at radius 2 is 2.00 bits per heavy atom. The van der Waals surface area contributed by atoms with E-state index in [9.17, 15) is 4.39 Å². The molecule has 1 atom stereocenters. The van der Waals surface area contributed by atoms with Crippen LogP contribution in [0.15, 0.2) is 42.5 Å². The Morgan fingerprint density at radius 3 is 2.63 bits per heavy atom. The van der Waals surface area contributed by atoms with Crippen LogP contribution in [0.2, 0.25) is 5.02 Å². The van der Waals surface area contributed by atoms with Crippen LogP contribution in [0.5, 0.6) is 0 Å². The summed E-state index contributed by atoms with van der Waals surface area (Å²) in [5.74, 6) is -0.00355. The van der Waals surface area contributed by atoms with E-state index in [0.717, 1.165) is 23.1 Å². The third-order valence-electron chi connectivity index (χ3n) is 3.38. The number of benzene rings is 2. The van der Waals surface area contributed by atoms with E-state index in [4.69, 9.17) is 17.3 Å². The van der Waals surface area contributed by atoms with E-state index in [1.54, 1.807) is 6.07 Å². The van der Waals surface area contributed by atoms with Crippen LogP contribution in [-0.2, 0) is 6.42 Å². The Labute approximate surface area is 118 Å². The Kier molecular flexibility index (Phi) is 4.56. The van der Waals surface area contributed by atoms with Crippen LogP contribution in [-0.4, -0.2) is 6.54 Å². The van der Waals surface area contributed by atoms with E-state index in [2.05, 4.69) is 0 Å². The third kappa shape index (κ3) is 3.55. The molecule has 0 spiro atoms. The molecule has 0 aliphatic rings. The standard InChI is InChI=1S/C16H17ClFN/c1-11-7-16(18)6-5-12(11)8-14(10-19)13-3-2-4-15(17)9-13/h2-7,9,14H,8,10,19H2,1H3. The Morgan fingerprint density at radius 1 is 1.21 bits per heavy atom. The van der Waals surface area contributed by atoms with E-state index in [1.807, 2.05) is 37.3 Å². The lowest BCUT2D eigenvalue weighted by Gasteiger charge is -2.17. The summed E-state index contributed by atoms with van der Waals surface area (Å²) in [4.78, 5) is 0.